The minimum atomic E-state index is -1.08. The van der Waals surface area contributed by atoms with Gasteiger partial charge < -0.3 is 39.5 Å². The topological polar surface area (TPSA) is 209 Å². The third kappa shape index (κ3) is 10.4. The summed E-state index contributed by atoms with van der Waals surface area (Å²) in [5.41, 5.74) is 10.5. The summed E-state index contributed by atoms with van der Waals surface area (Å²) >= 11 is 0. The number of rotatable bonds is 24. The van der Waals surface area contributed by atoms with Crippen molar-refractivity contribution < 1.29 is 47.6 Å². The minimum Gasteiger partial charge on any atom is -0.487 e. The van der Waals surface area contributed by atoms with Gasteiger partial charge in [-0.3, -0.25) is 28.6 Å². The zero-order valence-corrected chi connectivity index (χ0v) is 30.9. The highest BCUT2D eigenvalue weighted by atomic mass is 16.6. The molecule has 1 aliphatic rings. The highest BCUT2D eigenvalue weighted by Gasteiger charge is 2.50. The predicted molar refractivity (Wildman–Crippen MR) is 204 cm³/mol. The van der Waals surface area contributed by atoms with Crippen molar-refractivity contribution >= 4 is 48.6 Å². The Labute approximate surface area is 328 Å². The Kier molecular flexibility index (Phi) is 14.3. The van der Waals surface area contributed by atoms with Crippen molar-refractivity contribution in [2.24, 2.45) is 0 Å². The Balaban J connectivity index is 1.09. The summed E-state index contributed by atoms with van der Waals surface area (Å²) in [6.45, 7) is 3.54. The van der Waals surface area contributed by atoms with Crippen molar-refractivity contribution in [1.82, 2.24) is 24.4 Å². The number of carbonyl (C=O) groups excluding carboxylic acids is 4. The van der Waals surface area contributed by atoms with Crippen LogP contribution in [0.5, 0.6) is 5.75 Å². The number of aromatic nitrogens is 4. The SMILES string of the molecule is Nc1cc(C(CN(CCCCNc2ncnc3c2ncn3[C@@H]2O[C@H](COC=O)[C@@H](OC=O)[C@H]2OC=O)Cc2ccccc2)OC=O)ccc1OCc1ccccc1. The van der Waals surface area contributed by atoms with Crippen LogP contribution in [0.15, 0.2) is 91.5 Å². The molecule has 3 heterocycles. The second-order valence-corrected chi connectivity index (χ2v) is 13.1. The van der Waals surface area contributed by atoms with E-state index < -0.39 is 30.6 Å². The number of ether oxygens (including phenoxy) is 6. The lowest BCUT2D eigenvalue weighted by molar-refractivity contribution is -0.152. The summed E-state index contributed by atoms with van der Waals surface area (Å²) in [4.78, 5) is 60.7. The first-order valence-electron chi connectivity index (χ1n) is 18.2. The molecule has 5 aromatic rings. The van der Waals surface area contributed by atoms with Gasteiger partial charge >= 0.3 is 0 Å². The number of hydrogen-bond donors (Lipinski definition) is 2. The van der Waals surface area contributed by atoms with E-state index in [-0.39, 0.29) is 26.0 Å². The maximum atomic E-state index is 11.7. The molecule has 17 nitrogen and oxygen atoms in total. The van der Waals surface area contributed by atoms with Gasteiger partial charge in [0.05, 0.1) is 12.0 Å². The summed E-state index contributed by atoms with van der Waals surface area (Å²) in [5.74, 6) is 1.02. The number of nitrogens with zero attached hydrogens (tertiary/aromatic N) is 5. The molecule has 3 aromatic carbocycles. The van der Waals surface area contributed by atoms with Crippen molar-refractivity contribution in [3.8, 4) is 5.75 Å². The van der Waals surface area contributed by atoms with Gasteiger partial charge in [0.15, 0.2) is 35.4 Å². The average Bonchev–Trinajstić information content (AvgIpc) is 3.81. The molecule has 3 N–H and O–H groups in total. The van der Waals surface area contributed by atoms with Crippen LogP contribution in [0, 0.1) is 0 Å². The van der Waals surface area contributed by atoms with Crippen LogP contribution < -0.4 is 15.8 Å². The highest BCUT2D eigenvalue weighted by molar-refractivity contribution is 5.82. The molecule has 5 atom stereocenters. The van der Waals surface area contributed by atoms with Crippen LogP contribution in [0.25, 0.3) is 11.2 Å². The third-order valence-electron chi connectivity index (χ3n) is 9.40. The molecule has 1 aliphatic heterocycles. The number of hydrogen-bond acceptors (Lipinski definition) is 16. The van der Waals surface area contributed by atoms with E-state index in [2.05, 4.69) is 37.3 Å². The van der Waals surface area contributed by atoms with Gasteiger partial charge in [0.1, 0.15) is 37.5 Å². The molecule has 298 valence electrons. The zero-order valence-electron chi connectivity index (χ0n) is 30.9. The average molecular weight is 782 g/mol. The molecule has 0 saturated carbocycles. The van der Waals surface area contributed by atoms with Crippen molar-refractivity contribution in [2.45, 2.75) is 56.6 Å². The molecule has 2 aromatic heterocycles. The maximum absolute atomic E-state index is 11.7. The molecule has 6 rings (SSSR count). The summed E-state index contributed by atoms with van der Waals surface area (Å²) in [6.07, 6.45) is -0.279. The monoisotopic (exact) mass is 781 g/mol. The van der Waals surface area contributed by atoms with E-state index in [0.717, 1.165) is 29.5 Å². The summed E-state index contributed by atoms with van der Waals surface area (Å²) in [5, 5.41) is 3.34. The van der Waals surface area contributed by atoms with Gasteiger partial charge in [0.25, 0.3) is 25.9 Å². The summed E-state index contributed by atoms with van der Waals surface area (Å²) < 4.78 is 34.4. The number of unbranched alkanes of at least 4 members (excludes halogenated alkanes) is 1. The molecule has 17 heteroatoms. The normalized spacial score (nSPS) is 18.1. The molecule has 1 unspecified atom stereocenters. The van der Waals surface area contributed by atoms with Gasteiger partial charge in [-0.15, -0.1) is 0 Å². The van der Waals surface area contributed by atoms with Gasteiger partial charge in [-0.05, 0) is 48.2 Å². The van der Waals surface area contributed by atoms with E-state index in [9.17, 15) is 19.2 Å². The van der Waals surface area contributed by atoms with E-state index in [4.69, 9.17) is 34.2 Å². The fraction of sp³-hybridized carbons (Fsp3) is 0.325. The van der Waals surface area contributed by atoms with E-state index in [1.54, 1.807) is 12.1 Å². The lowest BCUT2D eigenvalue weighted by Crippen LogP contribution is -2.38. The largest absolute Gasteiger partial charge is 0.487 e. The fourth-order valence-electron chi connectivity index (χ4n) is 6.71. The van der Waals surface area contributed by atoms with Crippen molar-refractivity contribution in [1.29, 1.82) is 0 Å². The van der Waals surface area contributed by atoms with Crippen LogP contribution in [0.4, 0.5) is 11.5 Å². The fourth-order valence-corrected chi connectivity index (χ4v) is 6.71. The zero-order chi connectivity index (χ0) is 39.8. The Morgan fingerprint density at radius 1 is 0.860 bits per heavy atom. The summed E-state index contributed by atoms with van der Waals surface area (Å²) in [6, 6.07) is 25.3. The van der Waals surface area contributed by atoms with Crippen LogP contribution in [-0.2, 0) is 56.0 Å². The van der Waals surface area contributed by atoms with E-state index in [1.165, 1.54) is 17.2 Å². The number of carbonyl (C=O) groups is 4. The van der Waals surface area contributed by atoms with Gasteiger partial charge in [0, 0.05) is 19.6 Å². The highest BCUT2D eigenvalue weighted by Crippen LogP contribution is 2.36. The molecule has 0 aliphatic carbocycles. The van der Waals surface area contributed by atoms with Crippen molar-refractivity contribution in [2.75, 3.05) is 37.3 Å². The van der Waals surface area contributed by atoms with E-state index in [1.807, 2.05) is 54.6 Å². The number of anilines is 2. The quantitative estimate of drug-likeness (QED) is 0.0395. The van der Waals surface area contributed by atoms with Crippen LogP contribution in [-0.4, -0.2) is 94.9 Å². The lowest BCUT2D eigenvalue weighted by atomic mass is 10.1. The molecular formula is C40H43N7O10. The molecule has 57 heavy (non-hydrogen) atoms. The van der Waals surface area contributed by atoms with Crippen molar-refractivity contribution in [3.05, 3.63) is 108 Å². The first kappa shape index (κ1) is 40.1. The Hall–Kier alpha value is -6.59. The van der Waals surface area contributed by atoms with Crippen LogP contribution in [0.2, 0.25) is 0 Å². The van der Waals surface area contributed by atoms with Gasteiger partial charge in [-0.25, -0.2) is 15.0 Å². The molecule has 0 bridgehead atoms. The maximum Gasteiger partial charge on any atom is 0.293 e. The second-order valence-electron chi connectivity index (χ2n) is 13.1. The van der Waals surface area contributed by atoms with Gasteiger partial charge in [-0.1, -0.05) is 66.7 Å². The van der Waals surface area contributed by atoms with Crippen LogP contribution in [0.3, 0.4) is 0 Å². The lowest BCUT2D eigenvalue weighted by Gasteiger charge is -2.27. The molecule has 0 spiro atoms. The second kappa shape index (κ2) is 20.4. The standard InChI is InChI=1S/C40H43N7O10/c41-31-17-30(13-14-32(31)53-20-29-11-5-2-6-12-29)33(54-25-49)19-46(18-28-9-3-1-4-10-28)16-8-7-15-42-38-35-39(44-22-43-38)47(23-45-35)40-37(56-27-51)36(55-26-50)34(57-40)21-52-24-48/h1-6,9-14,17,22-27,33-34,36-37,40H,7-8,15-16,18-21,41H2,(H,42,43,44)/t33?,34-,36-,37-,40-/m1/s1. The van der Waals surface area contributed by atoms with Gasteiger partial charge in [0.2, 0.25) is 0 Å². The number of nitrogen functional groups attached to an aromatic ring is 1. The van der Waals surface area contributed by atoms with Crippen molar-refractivity contribution in [3.63, 3.8) is 0 Å². The third-order valence-corrected chi connectivity index (χ3v) is 9.40. The van der Waals surface area contributed by atoms with Crippen LogP contribution >= 0.6 is 0 Å². The van der Waals surface area contributed by atoms with Gasteiger partial charge in [-0.2, -0.15) is 0 Å². The molecule has 0 radical (unpaired) electrons. The van der Waals surface area contributed by atoms with E-state index >= 15 is 0 Å². The minimum absolute atomic E-state index is 0.207. The Morgan fingerprint density at radius 2 is 1.61 bits per heavy atom. The first-order chi connectivity index (χ1) is 28.0. The molecular weight excluding hydrogens is 738 g/mol. The molecule has 1 saturated heterocycles. The molecule has 1 fully saturated rings. The number of fused-ring (bicyclic) bond motifs is 1. The number of benzene rings is 3. The summed E-state index contributed by atoms with van der Waals surface area (Å²) in [7, 11) is 0. The number of imidazole rings is 1. The first-order valence-corrected chi connectivity index (χ1v) is 18.2. The predicted octanol–water partition coefficient (Wildman–Crippen LogP) is 3.75. The Bertz CT molecular complexity index is 2050. The smallest absolute Gasteiger partial charge is 0.293 e. The Morgan fingerprint density at radius 3 is 2.33 bits per heavy atom. The van der Waals surface area contributed by atoms with Crippen LogP contribution in [0.1, 0.15) is 41.9 Å². The number of nitrogens with one attached hydrogen (secondary N) is 1. The molecule has 0 amide bonds. The number of nitrogens with two attached hydrogens (primary N) is 1. The van der Waals surface area contributed by atoms with E-state index in [0.29, 0.717) is 67.7 Å².